The van der Waals surface area contributed by atoms with Crippen LogP contribution in [0.15, 0.2) is 47.3 Å². The number of ether oxygens (including phenoxy) is 1. The highest BCUT2D eigenvalue weighted by atomic mass is 16.5. The summed E-state index contributed by atoms with van der Waals surface area (Å²) in [5.74, 6) is 0.667. The van der Waals surface area contributed by atoms with E-state index in [9.17, 15) is 9.59 Å². The van der Waals surface area contributed by atoms with Gasteiger partial charge in [0.1, 0.15) is 11.3 Å². The molecular weight excluding hydrogens is 358 g/mol. The Kier molecular flexibility index (Phi) is 4.85. The van der Waals surface area contributed by atoms with Crippen LogP contribution in [-0.2, 0) is 17.9 Å². The normalized spacial score (nSPS) is 19.6. The lowest BCUT2D eigenvalue weighted by Crippen LogP contribution is -2.55. The van der Waals surface area contributed by atoms with E-state index in [2.05, 4.69) is 4.90 Å². The summed E-state index contributed by atoms with van der Waals surface area (Å²) in [5.41, 5.74) is 1.31. The average molecular weight is 383 g/mol. The van der Waals surface area contributed by atoms with Gasteiger partial charge in [-0.15, -0.1) is 0 Å². The quantitative estimate of drug-likeness (QED) is 0.743. The summed E-state index contributed by atoms with van der Waals surface area (Å²) >= 11 is 0. The van der Waals surface area contributed by atoms with Crippen LogP contribution >= 0.6 is 0 Å². The van der Waals surface area contributed by atoms with Crippen molar-refractivity contribution in [2.45, 2.75) is 31.5 Å². The Bertz CT molecular complexity index is 839. The minimum Gasteiger partial charge on any atom is -0.497 e. The fourth-order valence-electron chi connectivity index (χ4n) is 4.17. The number of benzene rings is 1. The van der Waals surface area contributed by atoms with Gasteiger partial charge in [-0.25, -0.2) is 4.79 Å². The van der Waals surface area contributed by atoms with E-state index in [1.165, 1.54) is 4.90 Å². The summed E-state index contributed by atoms with van der Waals surface area (Å²) < 4.78 is 10.3. The molecule has 7 nitrogen and oxygen atoms in total. The molecule has 1 spiro atoms. The number of carbonyl (C=O) groups excluding carboxylic acids is 2. The summed E-state index contributed by atoms with van der Waals surface area (Å²) in [6, 6.07) is 9.19. The van der Waals surface area contributed by atoms with Gasteiger partial charge in [-0.2, -0.15) is 0 Å². The number of likely N-dealkylation sites (N-methyl/N-ethyl adjacent to an activating group) is 1. The van der Waals surface area contributed by atoms with E-state index in [-0.39, 0.29) is 18.5 Å². The Labute approximate surface area is 164 Å². The molecule has 2 fully saturated rings. The van der Waals surface area contributed by atoms with Crippen molar-refractivity contribution in [3.05, 3.63) is 54.0 Å². The lowest BCUT2D eigenvalue weighted by atomic mass is 9.86. The minimum absolute atomic E-state index is 0.0845. The molecule has 0 aliphatic carbocycles. The van der Waals surface area contributed by atoms with Crippen LogP contribution in [0.1, 0.15) is 24.0 Å². The molecule has 2 aliphatic heterocycles. The van der Waals surface area contributed by atoms with Crippen molar-refractivity contribution in [2.75, 3.05) is 27.2 Å². The van der Waals surface area contributed by atoms with Gasteiger partial charge in [-0.3, -0.25) is 14.6 Å². The number of likely N-dealkylation sites (tertiary alicyclic amines) is 1. The van der Waals surface area contributed by atoms with Gasteiger partial charge < -0.3 is 14.1 Å². The van der Waals surface area contributed by atoms with Crippen molar-refractivity contribution in [1.29, 1.82) is 0 Å². The number of hydrogen-bond acceptors (Lipinski definition) is 5. The highest BCUT2D eigenvalue weighted by molar-refractivity contribution is 6.06. The molecule has 2 aromatic rings. The zero-order valence-corrected chi connectivity index (χ0v) is 16.3. The molecule has 4 rings (SSSR count). The topological polar surface area (TPSA) is 66.2 Å². The number of amides is 3. The molecule has 1 aromatic carbocycles. The fraction of sp³-hybridized carbons (Fsp3) is 0.429. The molecular formula is C21H25N3O4. The van der Waals surface area contributed by atoms with Gasteiger partial charge in [0.05, 0.1) is 26.2 Å². The zero-order chi connectivity index (χ0) is 19.7. The van der Waals surface area contributed by atoms with E-state index in [4.69, 9.17) is 9.15 Å². The van der Waals surface area contributed by atoms with Crippen molar-refractivity contribution in [3.63, 3.8) is 0 Å². The molecule has 7 heteroatoms. The second-order valence-corrected chi connectivity index (χ2v) is 7.52. The third kappa shape index (κ3) is 3.16. The Balaban J connectivity index is 1.45. The van der Waals surface area contributed by atoms with Crippen LogP contribution in [0.3, 0.4) is 0 Å². The maximum atomic E-state index is 13.3. The molecule has 0 saturated carbocycles. The number of urea groups is 1. The predicted molar refractivity (Wildman–Crippen MR) is 103 cm³/mol. The third-order valence-electron chi connectivity index (χ3n) is 5.97. The Morgan fingerprint density at radius 2 is 1.75 bits per heavy atom. The number of piperidine rings is 1. The Morgan fingerprint density at radius 1 is 1.04 bits per heavy atom. The standard InChI is InChI=1S/C21H25N3O4/c1-22-20(26)24(14-16-3-5-18(27-2)6-4-16)19(25)21(22)8-10-23(11-9-21)13-17-7-12-28-15-17/h3-7,12,15H,8-11,13-14H2,1-2H3. The monoisotopic (exact) mass is 383 g/mol. The van der Waals surface area contributed by atoms with Gasteiger partial charge in [-0.05, 0) is 36.6 Å². The number of furan rings is 1. The van der Waals surface area contributed by atoms with E-state index in [0.717, 1.165) is 36.5 Å². The number of carbonyl (C=O) groups is 2. The SMILES string of the molecule is COc1ccc(CN2C(=O)N(C)C3(CCN(Cc4ccoc4)CC3)C2=O)cc1. The summed E-state index contributed by atoms with van der Waals surface area (Å²) in [6.07, 6.45) is 4.71. The summed E-state index contributed by atoms with van der Waals surface area (Å²) in [4.78, 5) is 31.4. The molecule has 0 atom stereocenters. The first-order chi connectivity index (χ1) is 13.5. The predicted octanol–water partition coefficient (Wildman–Crippen LogP) is 2.72. The van der Waals surface area contributed by atoms with Crippen LogP contribution in [0.5, 0.6) is 5.75 Å². The maximum Gasteiger partial charge on any atom is 0.327 e. The van der Waals surface area contributed by atoms with Gasteiger partial charge in [0.25, 0.3) is 5.91 Å². The van der Waals surface area contributed by atoms with Gasteiger partial charge in [0.2, 0.25) is 0 Å². The number of methoxy groups -OCH3 is 1. The van der Waals surface area contributed by atoms with Crippen molar-refractivity contribution in [2.24, 2.45) is 0 Å². The Morgan fingerprint density at radius 3 is 2.36 bits per heavy atom. The van der Waals surface area contributed by atoms with Gasteiger partial charge >= 0.3 is 6.03 Å². The second-order valence-electron chi connectivity index (χ2n) is 7.52. The van der Waals surface area contributed by atoms with E-state index < -0.39 is 5.54 Å². The highest BCUT2D eigenvalue weighted by Crippen LogP contribution is 2.37. The van der Waals surface area contributed by atoms with Gasteiger partial charge in [-0.1, -0.05) is 12.1 Å². The lowest BCUT2D eigenvalue weighted by molar-refractivity contribution is -0.135. The van der Waals surface area contributed by atoms with Crippen LogP contribution in [0.2, 0.25) is 0 Å². The number of imide groups is 1. The summed E-state index contributed by atoms with van der Waals surface area (Å²) in [6.45, 7) is 2.62. The number of hydrogen-bond donors (Lipinski definition) is 0. The molecule has 0 bridgehead atoms. The smallest absolute Gasteiger partial charge is 0.327 e. The van der Waals surface area contributed by atoms with Gasteiger partial charge in [0, 0.05) is 32.2 Å². The molecule has 2 saturated heterocycles. The lowest BCUT2D eigenvalue weighted by Gasteiger charge is -2.40. The van der Waals surface area contributed by atoms with E-state index in [1.54, 1.807) is 31.6 Å². The molecule has 0 unspecified atom stereocenters. The first-order valence-corrected chi connectivity index (χ1v) is 9.49. The molecule has 3 heterocycles. The second kappa shape index (κ2) is 7.31. The summed E-state index contributed by atoms with van der Waals surface area (Å²) in [7, 11) is 3.36. The molecule has 148 valence electrons. The van der Waals surface area contributed by atoms with Crippen LogP contribution in [0.4, 0.5) is 4.79 Å². The molecule has 0 N–H and O–H groups in total. The number of nitrogens with zero attached hydrogens (tertiary/aromatic N) is 3. The fourth-order valence-corrected chi connectivity index (χ4v) is 4.17. The minimum atomic E-state index is -0.726. The van der Waals surface area contributed by atoms with Crippen LogP contribution in [0.25, 0.3) is 0 Å². The molecule has 1 aromatic heterocycles. The van der Waals surface area contributed by atoms with Crippen molar-refractivity contribution in [1.82, 2.24) is 14.7 Å². The molecule has 3 amide bonds. The van der Waals surface area contributed by atoms with Crippen LogP contribution in [0, 0.1) is 0 Å². The first-order valence-electron chi connectivity index (χ1n) is 9.49. The largest absolute Gasteiger partial charge is 0.497 e. The van der Waals surface area contributed by atoms with Crippen molar-refractivity contribution < 1.29 is 18.7 Å². The zero-order valence-electron chi connectivity index (χ0n) is 16.3. The van der Waals surface area contributed by atoms with Crippen molar-refractivity contribution >= 4 is 11.9 Å². The van der Waals surface area contributed by atoms with E-state index >= 15 is 0 Å². The first kappa shape index (κ1) is 18.6. The molecule has 0 radical (unpaired) electrons. The molecule has 2 aliphatic rings. The highest BCUT2D eigenvalue weighted by Gasteiger charge is 2.56. The van der Waals surface area contributed by atoms with E-state index in [1.807, 2.05) is 30.3 Å². The maximum absolute atomic E-state index is 13.3. The van der Waals surface area contributed by atoms with Crippen molar-refractivity contribution in [3.8, 4) is 5.75 Å². The third-order valence-corrected chi connectivity index (χ3v) is 5.97. The average Bonchev–Trinajstić information content (AvgIpc) is 3.29. The number of rotatable bonds is 5. The van der Waals surface area contributed by atoms with Gasteiger partial charge in [0.15, 0.2) is 0 Å². The van der Waals surface area contributed by atoms with Crippen LogP contribution in [-0.4, -0.2) is 59.4 Å². The molecule has 28 heavy (non-hydrogen) atoms. The summed E-state index contributed by atoms with van der Waals surface area (Å²) in [5, 5.41) is 0. The van der Waals surface area contributed by atoms with Crippen LogP contribution < -0.4 is 4.74 Å². The van der Waals surface area contributed by atoms with E-state index in [0.29, 0.717) is 12.8 Å². The Hall–Kier alpha value is -2.80.